The average molecular weight is 260 g/mol. The third-order valence-electron chi connectivity index (χ3n) is 3.13. The normalized spacial score (nSPS) is 18.7. The average Bonchev–Trinajstić information content (AvgIpc) is 3.11. The number of aromatic nitrogens is 2. The molecule has 1 saturated heterocycles. The van der Waals surface area contributed by atoms with Gasteiger partial charge >= 0.3 is 0 Å². The third kappa shape index (κ3) is 2.61. The maximum atomic E-state index is 5.46. The summed E-state index contributed by atoms with van der Waals surface area (Å²) in [6.07, 6.45) is 0.956. The van der Waals surface area contributed by atoms with Crippen LogP contribution in [-0.4, -0.2) is 30.0 Å². The lowest BCUT2D eigenvalue weighted by molar-refractivity contribution is 0.192. The van der Waals surface area contributed by atoms with Gasteiger partial charge in [0.05, 0.1) is 13.2 Å². The highest BCUT2D eigenvalue weighted by atomic mass is 16.5. The van der Waals surface area contributed by atoms with Crippen molar-refractivity contribution in [2.24, 2.45) is 0 Å². The van der Waals surface area contributed by atoms with Crippen LogP contribution < -0.4 is 4.74 Å². The van der Waals surface area contributed by atoms with Gasteiger partial charge in [-0.15, -0.1) is 0 Å². The summed E-state index contributed by atoms with van der Waals surface area (Å²) in [6, 6.07) is 7.68. The quantitative estimate of drug-likeness (QED) is 0.845. The number of ether oxygens (including phenoxy) is 2. The summed E-state index contributed by atoms with van der Waals surface area (Å²) < 4.78 is 16.1. The van der Waals surface area contributed by atoms with Crippen molar-refractivity contribution in [2.45, 2.75) is 19.3 Å². The van der Waals surface area contributed by atoms with E-state index in [1.165, 1.54) is 0 Å². The second kappa shape index (κ2) is 5.40. The standard InChI is InChI=1S/C14H16N2O3/c1-2-18-12-5-3-4-10(8-12)14-15-13(16-19-14)11-6-7-17-9-11/h3-5,8,11H,2,6-7,9H2,1H3/t11-/m0/s1. The molecular weight excluding hydrogens is 244 g/mol. The number of hydrogen-bond donors (Lipinski definition) is 0. The second-order valence-electron chi connectivity index (χ2n) is 4.48. The minimum atomic E-state index is 0.257. The summed E-state index contributed by atoms with van der Waals surface area (Å²) in [7, 11) is 0. The van der Waals surface area contributed by atoms with E-state index >= 15 is 0 Å². The molecule has 0 aliphatic carbocycles. The Morgan fingerprint density at radius 3 is 3.16 bits per heavy atom. The fourth-order valence-electron chi connectivity index (χ4n) is 2.14. The van der Waals surface area contributed by atoms with Gasteiger partial charge in [-0.05, 0) is 31.5 Å². The van der Waals surface area contributed by atoms with E-state index in [1.54, 1.807) is 0 Å². The van der Waals surface area contributed by atoms with Crippen LogP contribution >= 0.6 is 0 Å². The third-order valence-corrected chi connectivity index (χ3v) is 3.13. The first kappa shape index (κ1) is 12.2. The first-order valence-electron chi connectivity index (χ1n) is 6.51. The molecule has 0 amide bonds. The van der Waals surface area contributed by atoms with Gasteiger partial charge in [-0.3, -0.25) is 0 Å². The lowest BCUT2D eigenvalue weighted by Crippen LogP contribution is -1.99. The van der Waals surface area contributed by atoms with Crippen LogP contribution in [0.3, 0.4) is 0 Å². The van der Waals surface area contributed by atoms with Crippen molar-refractivity contribution in [2.75, 3.05) is 19.8 Å². The van der Waals surface area contributed by atoms with Crippen molar-refractivity contribution in [3.05, 3.63) is 30.1 Å². The number of hydrogen-bond acceptors (Lipinski definition) is 5. The van der Waals surface area contributed by atoms with E-state index in [1.807, 2.05) is 31.2 Å². The summed E-state index contributed by atoms with van der Waals surface area (Å²) >= 11 is 0. The Bertz CT molecular complexity index is 547. The van der Waals surface area contributed by atoms with Crippen LogP contribution in [0.2, 0.25) is 0 Å². The Morgan fingerprint density at radius 1 is 1.42 bits per heavy atom. The number of rotatable bonds is 4. The summed E-state index contributed by atoms with van der Waals surface area (Å²) in [6.45, 7) is 4.04. The van der Waals surface area contributed by atoms with Gasteiger partial charge in [0, 0.05) is 18.1 Å². The molecule has 1 aromatic carbocycles. The van der Waals surface area contributed by atoms with E-state index in [0.717, 1.165) is 30.2 Å². The van der Waals surface area contributed by atoms with E-state index in [2.05, 4.69) is 10.1 Å². The second-order valence-corrected chi connectivity index (χ2v) is 4.48. The Hall–Kier alpha value is -1.88. The van der Waals surface area contributed by atoms with E-state index in [9.17, 15) is 0 Å². The fourth-order valence-corrected chi connectivity index (χ4v) is 2.14. The largest absolute Gasteiger partial charge is 0.494 e. The van der Waals surface area contributed by atoms with Crippen molar-refractivity contribution in [3.8, 4) is 17.2 Å². The molecule has 0 radical (unpaired) electrons. The van der Waals surface area contributed by atoms with Gasteiger partial charge < -0.3 is 14.0 Å². The summed E-state index contributed by atoms with van der Waals surface area (Å²) in [5, 5.41) is 4.04. The lowest BCUT2D eigenvalue weighted by Gasteiger charge is -2.03. The Morgan fingerprint density at radius 2 is 2.37 bits per heavy atom. The zero-order valence-corrected chi connectivity index (χ0v) is 10.8. The molecule has 1 aliphatic heterocycles. The molecule has 0 bridgehead atoms. The summed E-state index contributed by atoms with van der Waals surface area (Å²) in [5.41, 5.74) is 0.878. The van der Waals surface area contributed by atoms with E-state index in [-0.39, 0.29) is 5.92 Å². The first-order valence-corrected chi connectivity index (χ1v) is 6.51. The molecule has 2 heterocycles. The van der Waals surface area contributed by atoms with Gasteiger partial charge in [0.2, 0.25) is 0 Å². The maximum absolute atomic E-state index is 5.46. The number of nitrogens with zero attached hydrogens (tertiary/aromatic N) is 2. The van der Waals surface area contributed by atoms with Gasteiger partial charge in [-0.2, -0.15) is 4.98 Å². The zero-order valence-electron chi connectivity index (χ0n) is 10.8. The van der Waals surface area contributed by atoms with Crippen LogP contribution in [0.5, 0.6) is 5.75 Å². The molecular formula is C14H16N2O3. The molecule has 5 heteroatoms. The highest BCUT2D eigenvalue weighted by molar-refractivity contribution is 5.55. The van der Waals surface area contributed by atoms with Gasteiger partial charge in [0.1, 0.15) is 5.75 Å². The molecule has 1 fully saturated rings. The van der Waals surface area contributed by atoms with Gasteiger partial charge in [0.25, 0.3) is 5.89 Å². The summed E-state index contributed by atoms with van der Waals surface area (Å²) in [5.74, 6) is 2.33. The van der Waals surface area contributed by atoms with Crippen LogP contribution in [0.15, 0.2) is 28.8 Å². The van der Waals surface area contributed by atoms with Crippen LogP contribution in [0.4, 0.5) is 0 Å². The molecule has 5 nitrogen and oxygen atoms in total. The van der Waals surface area contributed by atoms with Gasteiger partial charge in [-0.25, -0.2) is 0 Å². The molecule has 0 spiro atoms. The highest BCUT2D eigenvalue weighted by Gasteiger charge is 2.23. The molecule has 0 N–H and O–H groups in total. The molecule has 100 valence electrons. The van der Waals surface area contributed by atoms with Crippen molar-refractivity contribution in [3.63, 3.8) is 0 Å². The van der Waals surface area contributed by atoms with Crippen LogP contribution in [0.1, 0.15) is 25.1 Å². The minimum Gasteiger partial charge on any atom is -0.494 e. The van der Waals surface area contributed by atoms with E-state index < -0.39 is 0 Å². The van der Waals surface area contributed by atoms with Gasteiger partial charge in [0.15, 0.2) is 5.82 Å². The van der Waals surface area contributed by atoms with Crippen molar-refractivity contribution in [1.82, 2.24) is 10.1 Å². The van der Waals surface area contributed by atoms with Crippen molar-refractivity contribution in [1.29, 1.82) is 0 Å². The smallest absolute Gasteiger partial charge is 0.258 e. The zero-order chi connectivity index (χ0) is 13.1. The predicted octanol–water partition coefficient (Wildman–Crippen LogP) is 2.64. The maximum Gasteiger partial charge on any atom is 0.258 e. The predicted molar refractivity (Wildman–Crippen MR) is 69.1 cm³/mol. The highest BCUT2D eigenvalue weighted by Crippen LogP contribution is 2.27. The topological polar surface area (TPSA) is 57.4 Å². The fraction of sp³-hybridized carbons (Fsp3) is 0.429. The summed E-state index contributed by atoms with van der Waals surface area (Å²) in [4.78, 5) is 4.45. The Kier molecular flexibility index (Phi) is 3.46. The molecule has 0 saturated carbocycles. The van der Waals surface area contributed by atoms with Crippen LogP contribution in [0, 0.1) is 0 Å². The SMILES string of the molecule is CCOc1cccc(-c2nc([C@H]3CCOC3)no2)c1. The van der Waals surface area contributed by atoms with Crippen molar-refractivity contribution < 1.29 is 14.0 Å². The van der Waals surface area contributed by atoms with Gasteiger partial charge in [-0.1, -0.05) is 11.2 Å². The Labute approximate surface area is 111 Å². The minimum absolute atomic E-state index is 0.257. The molecule has 1 atom stereocenters. The first-order chi connectivity index (χ1) is 9.36. The molecule has 1 aliphatic rings. The molecule has 1 aromatic heterocycles. The number of benzene rings is 1. The van der Waals surface area contributed by atoms with Crippen molar-refractivity contribution >= 4 is 0 Å². The van der Waals surface area contributed by atoms with Crippen LogP contribution in [-0.2, 0) is 4.74 Å². The van der Waals surface area contributed by atoms with Crippen LogP contribution in [0.25, 0.3) is 11.5 Å². The monoisotopic (exact) mass is 260 g/mol. The molecule has 0 unspecified atom stereocenters. The lowest BCUT2D eigenvalue weighted by atomic mass is 10.1. The van der Waals surface area contributed by atoms with E-state index in [4.69, 9.17) is 14.0 Å². The molecule has 2 aromatic rings. The molecule has 19 heavy (non-hydrogen) atoms. The Balaban J connectivity index is 1.83. The molecule has 3 rings (SSSR count). The van der Waals surface area contributed by atoms with E-state index in [0.29, 0.717) is 19.1 Å².